The Bertz CT molecular complexity index is 681. The number of fused-ring (bicyclic) bond motifs is 1. The molecule has 106 valence electrons. The van der Waals surface area contributed by atoms with Crippen LogP contribution in [-0.4, -0.2) is 54.3 Å². The Morgan fingerprint density at radius 2 is 2.10 bits per heavy atom. The second kappa shape index (κ2) is 5.21. The van der Waals surface area contributed by atoms with Gasteiger partial charge in [-0.3, -0.25) is 4.79 Å². The molecule has 0 aromatic carbocycles. The van der Waals surface area contributed by atoms with Gasteiger partial charge in [-0.2, -0.15) is 4.98 Å². The van der Waals surface area contributed by atoms with Crippen molar-refractivity contribution in [2.75, 3.05) is 6.61 Å². The lowest BCUT2D eigenvalue weighted by Gasteiger charge is -2.09. The van der Waals surface area contributed by atoms with Crippen LogP contribution in [0.15, 0.2) is 6.07 Å². The molecule has 0 saturated heterocycles. The highest BCUT2D eigenvalue weighted by Crippen LogP contribution is 2.05. The first kappa shape index (κ1) is 13.9. The Morgan fingerprint density at radius 3 is 2.70 bits per heavy atom. The predicted molar refractivity (Wildman–Crippen MR) is 66.2 cm³/mol. The minimum Gasteiger partial charge on any atom is -0.480 e. The Balaban J connectivity index is 2.31. The number of hydrogen-bond acceptors (Lipinski definition) is 6. The van der Waals surface area contributed by atoms with Crippen LogP contribution < -0.4 is 5.32 Å². The molecule has 2 aromatic heterocycles. The van der Waals surface area contributed by atoms with Crippen molar-refractivity contribution < 1.29 is 19.8 Å². The van der Waals surface area contributed by atoms with Crippen LogP contribution in [0.2, 0.25) is 0 Å². The standard InChI is InChI=1S/C11H13N5O4/c1-5-3-6(2)16-11(12-5)14-8(15-16)9(18)13-7(4-17)10(19)20/h3,7,17H,4H2,1-2H3,(H,13,18)(H,19,20). The van der Waals surface area contributed by atoms with Crippen molar-refractivity contribution in [1.29, 1.82) is 0 Å². The third-order valence-corrected chi connectivity index (χ3v) is 2.61. The van der Waals surface area contributed by atoms with Gasteiger partial charge in [0.2, 0.25) is 5.82 Å². The summed E-state index contributed by atoms with van der Waals surface area (Å²) in [6, 6.07) is 0.377. The van der Waals surface area contributed by atoms with Gasteiger partial charge >= 0.3 is 5.97 Å². The molecule has 1 atom stereocenters. The second-order valence-electron chi connectivity index (χ2n) is 4.23. The number of carbonyl (C=O) groups is 2. The van der Waals surface area contributed by atoms with Gasteiger partial charge in [-0.05, 0) is 19.9 Å². The van der Waals surface area contributed by atoms with Crippen LogP contribution >= 0.6 is 0 Å². The zero-order chi connectivity index (χ0) is 14.9. The van der Waals surface area contributed by atoms with Gasteiger partial charge in [0.1, 0.15) is 0 Å². The number of amides is 1. The molecule has 2 rings (SSSR count). The van der Waals surface area contributed by atoms with E-state index < -0.39 is 24.5 Å². The number of aliphatic hydroxyl groups excluding tert-OH is 1. The molecular weight excluding hydrogens is 266 g/mol. The second-order valence-corrected chi connectivity index (χ2v) is 4.23. The molecule has 9 nitrogen and oxygen atoms in total. The maximum atomic E-state index is 11.8. The summed E-state index contributed by atoms with van der Waals surface area (Å²) in [5.74, 6) is -2.07. The summed E-state index contributed by atoms with van der Waals surface area (Å²) in [6.07, 6.45) is 0. The largest absolute Gasteiger partial charge is 0.480 e. The fourth-order valence-electron chi connectivity index (χ4n) is 1.67. The molecule has 9 heteroatoms. The number of carboxylic acids is 1. The molecule has 0 bridgehead atoms. The molecule has 1 amide bonds. The minimum absolute atomic E-state index is 0.203. The van der Waals surface area contributed by atoms with Gasteiger partial charge in [-0.25, -0.2) is 14.3 Å². The van der Waals surface area contributed by atoms with Gasteiger partial charge in [0, 0.05) is 11.4 Å². The van der Waals surface area contributed by atoms with Crippen LogP contribution in [0.3, 0.4) is 0 Å². The zero-order valence-electron chi connectivity index (χ0n) is 10.9. The summed E-state index contributed by atoms with van der Waals surface area (Å²) < 4.78 is 1.39. The summed E-state index contributed by atoms with van der Waals surface area (Å²) in [5.41, 5.74) is 1.48. The maximum Gasteiger partial charge on any atom is 0.328 e. The van der Waals surface area contributed by atoms with Crippen LogP contribution in [0.1, 0.15) is 22.0 Å². The first-order valence-electron chi connectivity index (χ1n) is 5.78. The molecule has 0 aliphatic carbocycles. The average molecular weight is 279 g/mol. The van der Waals surface area contributed by atoms with Crippen molar-refractivity contribution in [3.05, 3.63) is 23.3 Å². The van der Waals surface area contributed by atoms with E-state index in [0.717, 1.165) is 11.4 Å². The molecule has 0 radical (unpaired) electrons. The molecule has 1 unspecified atom stereocenters. The number of nitrogens with zero attached hydrogens (tertiary/aromatic N) is 4. The Labute approximate surface area is 113 Å². The number of rotatable bonds is 4. The number of hydrogen-bond donors (Lipinski definition) is 3. The summed E-state index contributed by atoms with van der Waals surface area (Å²) in [4.78, 5) is 30.6. The number of aliphatic hydroxyl groups is 1. The van der Waals surface area contributed by atoms with E-state index in [-0.39, 0.29) is 11.6 Å². The number of aromatic nitrogens is 4. The summed E-state index contributed by atoms with van der Waals surface area (Å²) in [7, 11) is 0. The lowest BCUT2D eigenvalue weighted by molar-refractivity contribution is -0.140. The molecule has 0 saturated carbocycles. The number of aliphatic carboxylic acids is 1. The average Bonchev–Trinajstić information content (AvgIpc) is 2.79. The summed E-state index contributed by atoms with van der Waals surface area (Å²) in [5, 5.41) is 23.7. The van der Waals surface area contributed by atoms with Gasteiger partial charge in [0.05, 0.1) is 6.61 Å². The molecule has 0 spiro atoms. The normalized spacial score (nSPS) is 12.3. The van der Waals surface area contributed by atoms with Crippen molar-refractivity contribution >= 4 is 17.7 Å². The minimum atomic E-state index is -1.40. The van der Waals surface area contributed by atoms with Gasteiger partial charge < -0.3 is 15.5 Å². The molecule has 0 aliphatic heterocycles. The van der Waals surface area contributed by atoms with Crippen LogP contribution in [0, 0.1) is 13.8 Å². The highest BCUT2D eigenvalue weighted by molar-refractivity contribution is 5.93. The number of carbonyl (C=O) groups excluding carboxylic acids is 1. The molecule has 0 aliphatic rings. The van der Waals surface area contributed by atoms with E-state index in [2.05, 4.69) is 20.4 Å². The topological polar surface area (TPSA) is 130 Å². The fourth-order valence-corrected chi connectivity index (χ4v) is 1.67. The van der Waals surface area contributed by atoms with E-state index >= 15 is 0 Å². The first-order valence-corrected chi connectivity index (χ1v) is 5.78. The highest BCUT2D eigenvalue weighted by Gasteiger charge is 2.22. The third-order valence-electron chi connectivity index (χ3n) is 2.61. The monoisotopic (exact) mass is 279 g/mol. The Morgan fingerprint density at radius 1 is 1.40 bits per heavy atom. The Hall–Kier alpha value is -2.55. The quantitative estimate of drug-likeness (QED) is 0.648. The molecule has 2 aromatic rings. The number of aryl methyl sites for hydroxylation is 2. The van der Waals surface area contributed by atoms with E-state index in [1.807, 2.05) is 0 Å². The van der Waals surface area contributed by atoms with E-state index in [0.29, 0.717) is 0 Å². The zero-order valence-corrected chi connectivity index (χ0v) is 10.9. The number of nitrogens with one attached hydrogen (secondary N) is 1. The van der Waals surface area contributed by atoms with Crippen LogP contribution in [0.25, 0.3) is 5.78 Å². The van der Waals surface area contributed by atoms with Crippen molar-refractivity contribution in [3.63, 3.8) is 0 Å². The van der Waals surface area contributed by atoms with Crippen molar-refractivity contribution in [2.24, 2.45) is 0 Å². The third kappa shape index (κ3) is 2.57. The lowest BCUT2D eigenvalue weighted by Crippen LogP contribution is -2.43. The molecule has 20 heavy (non-hydrogen) atoms. The summed E-state index contributed by atoms with van der Waals surface area (Å²) >= 11 is 0. The van der Waals surface area contributed by atoms with Crippen LogP contribution in [0.5, 0.6) is 0 Å². The van der Waals surface area contributed by atoms with Crippen LogP contribution in [0.4, 0.5) is 0 Å². The van der Waals surface area contributed by atoms with Crippen LogP contribution in [-0.2, 0) is 4.79 Å². The molecular formula is C11H13N5O4. The van der Waals surface area contributed by atoms with E-state index in [9.17, 15) is 9.59 Å². The van der Waals surface area contributed by atoms with Crippen molar-refractivity contribution in [2.45, 2.75) is 19.9 Å². The van der Waals surface area contributed by atoms with Gasteiger partial charge in [0.25, 0.3) is 11.7 Å². The molecule has 2 heterocycles. The van der Waals surface area contributed by atoms with Gasteiger partial charge in [-0.1, -0.05) is 0 Å². The highest BCUT2D eigenvalue weighted by atomic mass is 16.4. The lowest BCUT2D eigenvalue weighted by atomic mass is 10.3. The molecule has 0 fully saturated rings. The SMILES string of the molecule is Cc1cc(C)n2nc(C(=O)NC(CO)C(=O)O)nc2n1. The maximum absolute atomic E-state index is 11.8. The van der Waals surface area contributed by atoms with Crippen molar-refractivity contribution in [1.82, 2.24) is 24.9 Å². The smallest absolute Gasteiger partial charge is 0.328 e. The first-order chi connectivity index (χ1) is 9.42. The van der Waals surface area contributed by atoms with E-state index in [4.69, 9.17) is 10.2 Å². The number of carboxylic acid groups (broad SMARTS) is 1. The van der Waals surface area contributed by atoms with E-state index in [1.165, 1.54) is 4.52 Å². The summed E-state index contributed by atoms with van der Waals surface area (Å²) in [6.45, 7) is 2.85. The van der Waals surface area contributed by atoms with Crippen molar-refractivity contribution in [3.8, 4) is 0 Å². The molecule has 3 N–H and O–H groups in total. The van der Waals surface area contributed by atoms with Gasteiger partial charge in [-0.15, -0.1) is 5.10 Å². The Kier molecular flexibility index (Phi) is 3.61. The predicted octanol–water partition coefficient (Wildman–Crippen LogP) is -1.08. The van der Waals surface area contributed by atoms with E-state index in [1.54, 1.807) is 19.9 Å². The fraction of sp³-hybridized carbons (Fsp3) is 0.364. The van der Waals surface area contributed by atoms with Gasteiger partial charge in [0.15, 0.2) is 6.04 Å².